The summed E-state index contributed by atoms with van der Waals surface area (Å²) in [4.78, 5) is 1.40. The topological polar surface area (TPSA) is 46.6 Å². The van der Waals surface area contributed by atoms with Gasteiger partial charge in [-0.25, -0.2) is 8.42 Å². The van der Waals surface area contributed by atoms with Crippen molar-refractivity contribution in [3.05, 3.63) is 51.7 Å². The zero-order chi connectivity index (χ0) is 17.2. The molecular weight excluding hydrogens is 342 g/mol. The molecule has 0 radical (unpaired) electrons. The monoisotopic (exact) mass is 365 g/mol. The van der Waals surface area contributed by atoms with E-state index in [1.54, 1.807) is 27.8 Å². The summed E-state index contributed by atoms with van der Waals surface area (Å²) < 4.78 is 33.6. The molecule has 4 nitrogen and oxygen atoms in total. The van der Waals surface area contributed by atoms with Crippen molar-refractivity contribution in [2.45, 2.75) is 44.2 Å². The molecule has 1 saturated heterocycles. The third-order valence-corrected chi connectivity index (χ3v) is 7.13. The highest BCUT2D eigenvalue weighted by atomic mass is 32.2. The quantitative estimate of drug-likeness (QED) is 0.783. The summed E-state index contributed by atoms with van der Waals surface area (Å²) in [5.74, 6) is 0. The van der Waals surface area contributed by atoms with E-state index >= 15 is 0 Å². The number of nitrogens with zero attached hydrogens (tertiary/aromatic N) is 1. The van der Waals surface area contributed by atoms with E-state index < -0.39 is 10.0 Å². The molecule has 130 valence electrons. The third kappa shape index (κ3) is 3.88. The second-order valence-corrected chi connectivity index (χ2v) is 9.23. The summed E-state index contributed by atoms with van der Waals surface area (Å²) in [6.07, 6.45) is 1.91. The highest BCUT2D eigenvalue weighted by Crippen LogP contribution is 2.25. The largest absolute Gasteiger partial charge is 0.377 e. The maximum atomic E-state index is 13.2. The first-order chi connectivity index (χ1) is 11.5. The van der Waals surface area contributed by atoms with Crippen LogP contribution in [0.15, 0.2) is 40.6 Å². The first-order valence-corrected chi connectivity index (χ1v) is 10.5. The highest BCUT2D eigenvalue weighted by Gasteiger charge is 2.29. The Morgan fingerprint density at radius 3 is 2.71 bits per heavy atom. The van der Waals surface area contributed by atoms with Gasteiger partial charge in [0.1, 0.15) is 0 Å². The van der Waals surface area contributed by atoms with E-state index in [1.807, 2.05) is 37.4 Å². The molecule has 0 amide bonds. The minimum Gasteiger partial charge on any atom is -0.377 e. The van der Waals surface area contributed by atoms with E-state index in [0.29, 0.717) is 18.0 Å². The maximum Gasteiger partial charge on any atom is 0.243 e. The van der Waals surface area contributed by atoms with Crippen LogP contribution in [0, 0.1) is 13.8 Å². The van der Waals surface area contributed by atoms with E-state index in [2.05, 4.69) is 0 Å². The summed E-state index contributed by atoms with van der Waals surface area (Å²) in [5, 5.41) is 1.97. The summed E-state index contributed by atoms with van der Waals surface area (Å²) in [6.45, 7) is 5.46. The van der Waals surface area contributed by atoms with Gasteiger partial charge in [0.05, 0.1) is 11.0 Å². The lowest BCUT2D eigenvalue weighted by Gasteiger charge is -2.24. The second kappa shape index (κ2) is 7.35. The molecule has 2 heterocycles. The van der Waals surface area contributed by atoms with Crippen LogP contribution in [0.4, 0.5) is 0 Å². The van der Waals surface area contributed by atoms with Crippen molar-refractivity contribution < 1.29 is 13.2 Å². The fourth-order valence-corrected chi connectivity index (χ4v) is 5.20. The van der Waals surface area contributed by atoms with Gasteiger partial charge >= 0.3 is 0 Å². The molecule has 1 atom stereocenters. The molecule has 1 aromatic heterocycles. The Morgan fingerprint density at radius 2 is 2.08 bits per heavy atom. The van der Waals surface area contributed by atoms with Crippen molar-refractivity contribution in [3.63, 3.8) is 0 Å². The van der Waals surface area contributed by atoms with Gasteiger partial charge < -0.3 is 4.74 Å². The predicted molar refractivity (Wildman–Crippen MR) is 96.8 cm³/mol. The Kier molecular flexibility index (Phi) is 5.39. The van der Waals surface area contributed by atoms with Gasteiger partial charge in [0.15, 0.2) is 0 Å². The number of benzene rings is 1. The van der Waals surface area contributed by atoms with E-state index in [1.165, 1.54) is 0 Å². The molecule has 2 aromatic rings. The van der Waals surface area contributed by atoms with Crippen molar-refractivity contribution in [2.75, 3.05) is 13.2 Å². The van der Waals surface area contributed by atoms with Crippen molar-refractivity contribution >= 4 is 21.4 Å². The van der Waals surface area contributed by atoms with E-state index in [4.69, 9.17) is 4.74 Å². The number of sulfonamides is 1. The first-order valence-electron chi connectivity index (χ1n) is 8.18. The second-order valence-electron chi connectivity index (χ2n) is 6.26. The standard InChI is InChI=1S/C18H23NO3S2/c1-14-7-8-18(11-15(14)2)24(20,21)19(12-16-5-3-9-22-16)13-17-6-4-10-23-17/h4,6-8,10-11,16H,3,5,9,12-13H2,1-2H3/t16-/m1/s1. The molecule has 24 heavy (non-hydrogen) atoms. The van der Waals surface area contributed by atoms with Gasteiger partial charge in [-0.15, -0.1) is 11.3 Å². The van der Waals surface area contributed by atoms with Crippen LogP contribution in [0.3, 0.4) is 0 Å². The number of hydrogen-bond acceptors (Lipinski definition) is 4. The van der Waals surface area contributed by atoms with Gasteiger partial charge in [0, 0.05) is 24.6 Å². The van der Waals surface area contributed by atoms with Crippen LogP contribution in [-0.4, -0.2) is 32.0 Å². The van der Waals surface area contributed by atoms with Crippen LogP contribution in [0.25, 0.3) is 0 Å². The van der Waals surface area contributed by atoms with Crippen molar-refractivity contribution in [2.24, 2.45) is 0 Å². The average molecular weight is 366 g/mol. The van der Waals surface area contributed by atoms with Gasteiger partial charge in [-0.2, -0.15) is 4.31 Å². The fourth-order valence-electron chi connectivity index (χ4n) is 2.86. The summed E-state index contributed by atoms with van der Waals surface area (Å²) in [6, 6.07) is 9.27. The molecule has 1 aliphatic heterocycles. The van der Waals surface area contributed by atoms with Crippen molar-refractivity contribution in [1.82, 2.24) is 4.31 Å². The van der Waals surface area contributed by atoms with Gasteiger partial charge in [-0.1, -0.05) is 12.1 Å². The SMILES string of the molecule is Cc1ccc(S(=O)(=O)N(Cc2cccs2)C[C@H]2CCCO2)cc1C. The summed E-state index contributed by atoms with van der Waals surface area (Å²) in [7, 11) is -3.54. The molecule has 0 bridgehead atoms. The Morgan fingerprint density at radius 1 is 1.25 bits per heavy atom. The van der Waals surface area contributed by atoms with Crippen molar-refractivity contribution in [1.29, 1.82) is 0 Å². The van der Waals surface area contributed by atoms with Crippen LogP contribution in [-0.2, 0) is 21.3 Å². The molecule has 6 heteroatoms. The highest BCUT2D eigenvalue weighted by molar-refractivity contribution is 7.89. The van der Waals surface area contributed by atoms with Gasteiger partial charge in [0.25, 0.3) is 0 Å². The van der Waals surface area contributed by atoms with E-state index in [-0.39, 0.29) is 6.10 Å². The molecule has 0 saturated carbocycles. The number of hydrogen-bond donors (Lipinski definition) is 0. The Balaban J connectivity index is 1.90. The smallest absolute Gasteiger partial charge is 0.243 e. The number of ether oxygens (including phenoxy) is 1. The van der Waals surface area contributed by atoms with Crippen LogP contribution >= 0.6 is 11.3 Å². The van der Waals surface area contributed by atoms with Crippen molar-refractivity contribution in [3.8, 4) is 0 Å². The molecule has 0 N–H and O–H groups in total. The Labute approximate surface area is 148 Å². The molecule has 0 spiro atoms. The van der Waals surface area contributed by atoms with Gasteiger partial charge in [-0.3, -0.25) is 0 Å². The minimum absolute atomic E-state index is 0.00807. The molecule has 1 aromatic carbocycles. The maximum absolute atomic E-state index is 13.2. The normalized spacial score (nSPS) is 18.4. The molecule has 0 aliphatic carbocycles. The molecule has 1 fully saturated rings. The van der Waals surface area contributed by atoms with Crippen LogP contribution in [0.1, 0.15) is 28.8 Å². The summed E-state index contributed by atoms with van der Waals surface area (Å²) in [5.41, 5.74) is 2.09. The predicted octanol–water partition coefficient (Wildman–Crippen LogP) is 3.73. The molecular formula is C18H23NO3S2. The lowest BCUT2D eigenvalue weighted by atomic mass is 10.1. The summed E-state index contributed by atoms with van der Waals surface area (Å²) >= 11 is 1.58. The number of rotatable bonds is 6. The van der Waals surface area contributed by atoms with Crippen LogP contribution < -0.4 is 0 Å². The average Bonchev–Trinajstić information content (AvgIpc) is 3.23. The number of aryl methyl sites for hydroxylation is 2. The molecule has 3 rings (SSSR count). The minimum atomic E-state index is -3.54. The lowest BCUT2D eigenvalue weighted by Crippen LogP contribution is -2.36. The Hall–Kier alpha value is -1.21. The van der Waals surface area contributed by atoms with E-state index in [9.17, 15) is 8.42 Å². The zero-order valence-corrected chi connectivity index (χ0v) is 15.7. The Bertz CT molecular complexity index is 779. The molecule has 0 unspecified atom stereocenters. The zero-order valence-electron chi connectivity index (χ0n) is 14.1. The van der Waals surface area contributed by atoms with Crippen LogP contribution in [0.2, 0.25) is 0 Å². The van der Waals surface area contributed by atoms with Gasteiger partial charge in [-0.05, 0) is 61.4 Å². The molecule has 1 aliphatic rings. The lowest BCUT2D eigenvalue weighted by molar-refractivity contribution is 0.0927. The first kappa shape index (κ1) is 17.6. The van der Waals surface area contributed by atoms with Crippen LogP contribution in [0.5, 0.6) is 0 Å². The van der Waals surface area contributed by atoms with Gasteiger partial charge in [0.2, 0.25) is 10.0 Å². The fraction of sp³-hybridized carbons (Fsp3) is 0.444. The number of thiophene rings is 1. The third-order valence-electron chi connectivity index (χ3n) is 4.46. The van der Waals surface area contributed by atoms with E-state index in [0.717, 1.165) is 35.5 Å².